The summed E-state index contributed by atoms with van der Waals surface area (Å²) in [4.78, 5) is 5.53. The van der Waals surface area contributed by atoms with Crippen molar-refractivity contribution in [2.24, 2.45) is 0 Å². The van der Waals surface area contributed by atoms with Crippen molar-refractivity contribution in [3.8, 4) is 0 Å². The fourth-order valence-electron chi connectivity index (χ4n) is 1.90. The van der Waals surface area contributed by atoms with Crippen molar-refractivity contribution < 1.29 is 9.26 Å². The molecule has 1 aliphatic heterocycles. The zero-order valence-electron chi connectivity index (χ0n) is 11.6. The summed E-state index contributed by atoms with van der Waals surface area (Å²) in [6, 6.07) is 8.16. The smallest absolute Gasteiger partial charge is 0.252 e. The van der Waals surface area contributed by atoms with Crippen molar-refractivity contribution in [3.63, 3.8) is 0 Å². The van der Waals surface area contributed by atoms with Crippen LogP contribution in [0.5, 0.6) is 0 Å². The van der Waals surface area contributed by atoms with Crippen LogP contribution in [0.15, 0.2) is 38.2 Å². The van der Waals surface area contributed by atoms with Crippen molar-refractivity contribution in [1.82, 2.24) is 15.5 Å². The highest BCUT2D eigenvalue weighted by molar-refractivity contribution is 9.10. The Morgan fingerprint density at radius 2 is 2.14 bits per heavy atom. The molecule has 2 heterocycles. The first-order valence-electron chi connectivity index (χ1n) is 6.67. The SMILES string of the molecule is CC1(OCc2nc(CSc3ccc(Br)cc3)no2)CNC1. The lowest BCUT2D eigenvalue weighted by atomic mass is 10.0. The van der Waals surface area contributed by atoms with Gasteiger partial charge in [0, 0.05) is 22.5 Å². The molecule has 0 radical (unpaired) electrons. The molecule has 2 aromatic rings. The predicted molar refractivity (Wildman–Crippen MR) is 84.1 cm³/mol. The highest BCUT2D eigenvalue weighted by atomic mass is 79.9. The van der Waals surface area contributed by atoms with Crippen LogP contribution in [0.25, 0.3) is 0 Å². The lowest BCUT2D eigenvalue weighted by Crippen LogP contribution is -2.58. The molecule has 1 N–H and O–H groups in total. The minimum absolute atomic E-state index is 0.0964. The molecule has 1 aliphatic rings. The molecule has 1 saturated heterocycles. The Hall–Kier alpha value is -0.890. The maximum atomic E-state index is 5.77. The second-order valence-electron chi connectivity index (χ2n) is 5.19. The van der Waals surface area contributed by atoms with Gasteiger partial charge in [0.2, 0.25) is 0 Å². The molecule has 0 aliphatic carbocycles. The first-order chi connectivity index (χ1) is 10.1. The van der Waals surface area contributed by atoms with Crippen molar-refractivity contribution in [2.45, 2.75) is 29.8 Å². The van der Waals surface area contributed by atoms with Crippen molar-refractivity contribution in [2.75, 3.05) is 13.1 Å². The van der Waals surface area contributed by atoms with Gasteiger partial charge in [-0.05, 0) is 31.2 Å². The third kappa shape index (κ3) is 4.06. The van der Waals surface area contributed by atoms with Gasteiger partial charge in [-0.1, -0.05) is 21.1 Å². The van der Waals surface area contributed by atoms with Gasteiger partial charge in [-0.2, -0.15) is 4.98 Å². The molecule has 1 fully saturated rings. The van der Waals surface area contributed by atoms with E-state index in [4.69, 9.17) is 9.26 Å². The van der Waals surface area contributed by atoms with Gasteiger partial charge in [0.15, 0.2) is 5.82 Å². The number of nitrogens with one attached hydrogen (secondary N) is 1. The van der Waals surface area contributed by atoms with Gasteiger partial charge in [-0.15, -0.1) is 11.8 Å². The fraction of sp³-hybridized carbons (Fsp3) is 0.429. The van der Waals surface area contributed by atoms with Crippen LogP contribution in [0.3, 0.4) is 0 Å². The minimum Gasteiger partial charge on any atom is -0.363 e. The Morgan fingerprint density at radius 1 is 1.38 bits per heavy atom. The number of halogens is 1. The Kier molecular flexibility index (Phi) is 4.63. The molecule has 0 spiro atoms. The van der Waals surface area contributed by atoms with Gasteiger partial charge in [0.05, 0.1) is 11.4 Å². The molecule has 1 aromatic carbocycles. The van der Waals surface area contributed by atoms with Crippen molar-refractivity contribution in [1.29, 1.82) is 0 Å². The van der Waals surface area contributed by atoms with Gasteiger partial charge < -0.3 is 14.6 Å². The van der Waals surface area contributed by atoms with Gasteiger partial charge in [-0.3, -0.25) is 0 Å². The Labute approximate surface area is 136 Å². The Bertz CT molecular complexity index is 599. The highest BCUT2D eigenvalue weighted by Crippen LogP contribution is 2.23. The van der Waals surface area contributed by atoms with E-state index >= 15 is 0 Å². The molecule has 1 aromatic heterocycles. The second-order valence-corrected chi connectivity index (χ2v) is 7.15. The zero-order chi connectivity index (χ0) is 14.7. The van der Waals surface area contributed by atoms with Crippen LogP contribution < -0.4 is 5.32 Å². The van der Waals surface area contributed by atoms with E-state index in [9.17, 15) is 0 Å². The quantitative estimate of drug-likeness (QED) is 0.789. The molecule has 21 heavy (non-hydrogen) atoms. The Morgan fingerprint density at radius 3 is 2.81 bits per heavy atom. The molecule has 3 rings (SSSR count). The standard InChI is InChI=1S/C14H16BrN3O2S/c1-14(8-16-9-14)19-6-13-17-12(18-20-13)7-21-11-4-2-10(15)3-5-11/h2-5,16H,6-9H2,1H3. The lowest BCUT2D eigenvalue weighted by molar-refractivity contribution is -0.0841. The van der Waals surface area contributed by atoms with E-state index in [2.05, 4.69) is 50.4 Å². The molecule has 5 nitrogen and oxygen atoms in total. The van der Waals surface area contributed by atoms with Crippen LogP contribution in [-0.4, -0.2) is 28.8 Å². The minimum atomic E-state index is -0.0964. The molecule has 0 unspecified atom stereocenters. The summed E-state index contributed by atoms with van der Waals surface area (Å²) in [7, 11) is 0. The summed E-state index contributed by atoms with van der Waals surface area (Å²) < 4.78 is 12.1. The van der Waals surface area contributed by atoms with Gasteiger partial charge in [-0.25, -0.2) is 0 Å². The van der Waals surface area contributed by atoms with Crippen LogP contribution in [0.1, 0.15) is 18.6 Å². The summed E-state index contributed by atoms with van der Waals surface area (Å²) in [5.41, 5.74) is -0.0964. The number of hydrogen-bond acceptors (Lipinski definition) is 6. The molecular formula is C14H16BrN3O2S. The average Bonchev–Trinajstić information content (AvgIpc) is 2.90. The summed E-state index contributed by atoms with van der Waals surface area (Å²) in [6.45, 7) is 4.18. The molecule has 0 bridgehead atoms. The highest BCUT2D eigenvalue weighted by Gasteiger charge is 2.32. The van der Waals surface area contributed by atoms with E-state index in [0.29, 0.717) is 24.1 Å². The first kappa shape index (κ1) is 15.0. The number of nitrogens with zero attached hydrogens (tertiary/aromatic N) is 2. The topological polar surface area (TPSA) is 60.2 Å². The lowest BCUT2D eigenvalue weighted by Gasteiger charge is -2.38. The molecule has 0 atom stereocenters. The van der Waals surface area contributed by atoms with E-state index in [0.717, 1.165) is 17.6 Å². The molecule has 0 saturated carbocycles. The van der Waals surface area contributed by atoms with Crippen molar-refractivity contribution >= 4 is 27.7 Å². The monoisotopic (exact) mass is 369 g/mol. The third-order valence-electron chi connectivity index (χ3n) is 3.23. The van der Waals surface area contributed by atoms with E-state index in [1.807, 2.05) is 12.1 Å². The van der Waals surface area contributed by atoms with E-state index in [-0.39, 0.29) is 5.60 Å². The summed E-state index contributed by atoms with van der Waals surface area (Å²) in [5, 5.41) is 7.17. The number of ether oxygens (including phenoxy) is 1. The zero-order valence-corrected chi connectivity index (χ0v) is 14.0. The summed E-state index contributed by atoms with van der Waals surface area (Å²) >= 11 is 5.10. The molecule has 112 valence electrons. The van der Waals surface area contributed by atoms with Gasteiger partial charge in [0.1, 0.15) is 6.61 Å². The van der Waals surface area contributed by atoms with E-state index in [1.165, 1.54) is 4.90 Å². The normalized spacial score (nSPS) is 16.7. The maximum Gasteiger partial charge on any atom is 0.252 e. The van der Waals surface area contributed by atoms with Gasteiger partial charge >= 0.3 is 0 Å². The first-order valence-corrected chi connectivity index (χ1v) is 8.45. The van der Waals surface area contributed by atoms with E-state index in [1.54, 1.807) is 11.8 Å². The van der Waals surface area contributed by atoms with Crippen LogP contribution in [-0.2, 0) is 17.1 Å². The third-order valence-corrected chi connectivity index (χ3v) is 4.77. The fourth-order valence-corrected chi connectivity index (χ4v) is 2.91. The van der Waals surface area contributed by atoms with Crippen molar-refractivity contribution in [3.05, 3.63) is 40.5 Å². The molecule has 7 heteroatoms. The maximum absolute atomic E-state index is 5.77. The second kappa shape index (κ2) is 6.48. The number of hydrogen-bond donors (Lipinski definition) is 1. The Balaban J connectivity index is 1.49. The largest absolute Gasteiger partial charge is 0.363 e. The summed E-state index contributed by atoms with van der Waals surface area (Å²) in [6.07, 6.45) is 0. The van der Waals surface area contributed by atoms with Crippen LogP contribution in [0.2, 0.25) is 0 Å². The number of rotatable bonds is 6. The van der Waals surface area contributed by atoms with E-state index < -0.39 is 0 Å². The molecular weight excluding hydrogens is 354 g/mol. The van der Waals surface area contributed by atoms with Crippen LogP contribution in [0, 0.1) is 0 Å². The number of thioether (sulfide) groups is 1. The van der Waals surface area contributed by atoms with Crippen LogP contribution in [0.4, 0.5) is 0 Å². The summed E-state index contributed by atoms with van der Waals surface area (Å²) in [5.74, 6) is 1.91. The average molecular weight is 370 g/mol. The molecule has 0 amide bonds. The number of aromatic nitrogens is 2. The predicted octanol–water partition coefficient (Wildman–Crippen LogP) is 3.00. The number of benzene rings is 1. The van der Waals surface area contributed by atoms with Crippen LogP contribution >= 0.6 is 27.7 Å². The van der Waals surface area contributed by atoms with Gasteiger partial charge in [0.25, 0.3) is 5.89 Å².